The van der Waals surface area contributed by atoms with E-state index in [1.807, 2.05) is 42.3 Å². The summed E-state index contributed by atoms with van der Waals surface area (Å²) in [7, 11) is 1.97. The number of carbonyl (C=O) groups excluding carboxylic acids is 1. The highest BCUT2D eigenvalue weighted by Crippen LogP contribution is 2.13. The number of hydrogen-bond acceptors (Lipinski definition) is 4. The lowest BCUT2D eigenvalue weighted by molar-refractivity contribution is 0.0701. The number of hydrogen-bond donors (Lipinski definition) is 1. The van der Waals surface area contributed by atoms with Crippen LogP contribution in [0.15, 0.2) is 36.5 Å². The molecule has 116 valence electrons. The van der Waals surface area contributed by atoms with Gasteiger partial charge in [0.25, 0.3) is 5.91 Å². The lowest BCUT2D eigenvalue weighted by atomic mass is 10.1. The number of nitrogens with one attached hydrogen (secondary N) is 1. The molecule has 0 atom stereocenters. The number of nitrogens with zero attached hydrogens (tertiary/aromatic N) is 4. The molecule has 1 aliphatic heterocycles. The van der Waals surface area contributed by atoms with E-state index in [9.17, 15) is 4.79 Å². The van der Waals surface area contributed by atoms with Gasteiger partial charge in [-0.15, -0.1) is 5.10 Å². The molecule has 6 heteroatoms. The Hall–Kier alpha value is -2.21. The fourth-order valence-corrected chi connectivity index (χ4v) is 2.78. The van der Waals surface area contributed by atoms with E-state index in [2.05, 4.69) is 15.6 Å². The summed E-state index contributed by atoms with van der Waals surface area (Å²) in [5.41, 5.74) is 1.57. The van der Waals surface area contributed by atoms with Crippen molar-refractivity contribution in [3.63, 3.8) is 0 Å². The van der Waals surface area contributed by atoms with Gasteiger partial charge >= 0.3 is 0 Å². The smallest absolute Gasteiger partial charge is 0.276 e. The maximum absolute atomic E-state index is 12.5. The Kier molecular flexibility index (Phi) is 4.48. The predicted molar refractivity (Wildman–Crippen MR) is 83.6 cm³/mol. The SMILES string of the molecule is CNC1CCN(C(=O)c2cn(Cc3ccccc3)nn2)CC1. The summed E-state index contributed by atoms with van der Waals surface area (Å²) < 4.78 is 1.71. The van der Waals surface area contributed by atoms with E-state index in [0.29, 0.717) is 18.3 Å². The van der Waals surface area contributed by atoms with E-state index >= 15 is 0 Å². The van der Waals surface area contributed by atoms with E-state index in [-0.39, 0.29) is 5.91 Å². The molecule has 2 heterocycles. The first-order valence-corrected chi connectivity index (χ1v) is 7.67. The number of rotatable bonds is 4. The highest BCUT2D eigenvalue weighted by molar-refractivity contribution is 5.92. The van der Waals surface area contributed by atoms with Crippen molar-refractivity contribution >= 4 is 5.91 Å². The first-order valence-electron chi connectivity index (χ1n) is 7.67. The van der Waals surface area contributed by atoms with Crippen LogP contribution in [0.3, 0.4) is 0 Å². The predicted octanol–water partition coefficient (Wildman–Crippen LogP) is 1.15. The third-order valence-electron chi connectivity index (χ3n) is 4.14. The number of benzene rings is 1. The quantitative estimate of drug-likeness (QED) is 0.920. The molecule has 1 fully saturated rings. The number of piperidine rings is 1. The van der Waals surface area contributed by atoms with Crippen LogP contribution < -0.4 is 5.32 Å². The number of amides is 1. The Balaban J connectivity index is 1.62. The summed E-state index contributed by atoms with van der Waals surface area (Å²) in [5, 5.41) is 11.4. The van der Waals surface area contributed by atoms with Crippen molar-refractivity contribution in [1.82, 2.24) is 25.2 Å². The molecular formula is C16H21N5O. The molecule has 0 spiro atoms. The molecule has 1 N–H and O–H groups in total. The largest absolute Gasteiger partial charge is 0.337 e. The van der Waals surface area contributed by atoms with Crippen molar-refractivity contribution in [2.75, 3.05) is 20.1 Å². The molecular weight excluding hydrogens is 278 g/mol. The summed E-state index contributed by atoms with van der Waals surface area (Å²) in [5.74, 6) is -0.0196. The van der Waals surface area contributed by atoms with Gasteiger partial charge < -0.3 is 10.2 Å². The zero-order valence-corrected chi connectivity index (χ0v) is 12.8. The molecule has 0 saturated carbocycles. The fraction of sp³-hybridized carbons (Fsp3) is 0.438. The number of likely N-dealkylation sites (tertiary alicyclic amines) is 1. The zero-order chi connectivity index (χ0) is 15.4. The lowest BCUT2D eigenvalue weighted by Crippen LogP contribution is -2.44. The molecule has 0 bridgehead atoms. The van der Waals surface area contributed by atoms with Gasteiger partial charge in [0, 0.05) is 19.1 Å². The molecule has 0 unspecified atom stereocenters. The second-order valence-electron chi connectivity index (χ2n) is 5.64. The highest BCUT2D eigenvalue weighted by Gasteiger charge is 2.24. The van der Waals surface area contributed by atoms with Crippen molar-refractivity contribution in [3.05, 3.63) is 47.8 Å². The summed E-state index contributed by atoms with van der Waals surface area (Å²) >= 11 is 0. The van der Waals surface area contributed by atoms with Crippen molar-refractivity contribution in [3.8, 4) is 0 Å². The molecule has 0 aliphatic carbocycles. The fourth-order valence-electron chi connectivity index (χ4n) is 2.78. The van der Waals surface area contributed by atoms with Gasteiger partial charge in [-0.25, -0.2) is 4.68 Å². The third kappa shape index (κ3) is 3.33. The van der Waals surface area contributed by atoms with E-state index in [1.54, 1.807) is 10.9 Å². The van der Waals surface area contributed by atoms with E-state index in [0.717, 1.165) is 31.5 Å². The maximum atomic E-state index is 12.5. The van der Waals surface area contributed by atoms with Gasteiger partial charge in [0.15, 0.2) is 5.69 Å². The summed E-state index contributed by atoms with van der Waals surface area (Å²) in [4.78, 5) is 14.3. The molecule has 0 radical (unpaired) electrons. The Morgan fingerprint density at radius 3 is 2.68 bits per heavy atom. The van der Waals surface area contributed by atoms with Crippen LogP contribution in [0.1, 0.15) is 28.9 Å². The Morgan fingerprint density at radius 1 is 1.27 bits per heavy atom. The second-order valence-corrected chi connectivity index (χ2v) is 5.64. The molecule has 1 aromatic carbocycles. The van der Waals surface area contributed by atoms with Crippen LogP contribution in [-0.4, -0.2) is 52.0 Å². The van der Waals surface area contributed by atoms with Crippen LogP contribution in [0, 0.1) is 0 Å². The van der Waals surface area contributed by atoms with Gasteiger partial charge in [0.1, 0.15) is 0 Å². The molecule has 22 heavy (non-hydrogen) atoms. The monoisotopic (exact) mass is 299 g/mol. The van der Waals surface area contributed by atoms with Gasteiger partial charge in [-0.2, -0.15) is 0 Å². The minimum absolute atomic E-state index is 0.0196. The van der Waals surface area contributed by atoms with E-state index in [4.69, 9.17) is 0 Å². The minimum Gasteiger partial charge on any atom is -0.337 e. The van der Waals surface area contributed by atoms with Gasteiger partial charge in [-0.05, 0) is 25.5 Å². The van der Waals surface area contributed by atoms with Crippen molar-refractivity contribution in [1.29, 1.82) is 0 Å². The van der Waals surface area contributed by atoms with Crippen molar-refractivity contribution in [2.24, 2.45) is 0 Å². The summed E-state index contributed by atoms with van der Waals surface area (Å²) in [6.45, 7) is 2.18. The Labute approximate surface area is 130 Å². The van der Waals surface area contributed by atoms with Crippen LogP contribution >= 0.6 is 0 Å². The summed E-state index contributed by atoms with van der Waals surface area (Å²) in [6, 6.07) is 10.5. The maximum Gasteiger partial charge on any atom is 0.276 e. The second kappa shape index (κ2) is 6.70. The minimum atomic E-state index is -0.0196. The first-order chi connectivity index (χ1) is 10.8. The molecule has 6 nitrogen and oxygen atoms in total. The molecule has 1 saturated heterocycles. The van der Waals surface area contributed by atoms with Crippen molar-refractivity contribution in [2.45, 2.75) is 25.4 Å². The normalized spacial score (nSPS) is 16.0. The zero-order valence-electron chi connectivity index (χ0n) is 12.8. The van der Waals surface area contributed by atoms with Crippen LogP contribution in [0.2, 0.25) is 0 Å². The molecule has 2 aromatic rings. The van der Waals surface area contributed by atoms with Crippen LogP contribution in [0.4, 0.5) is 0 Å². The van der Waals surface area contributed by atoms with E-state index in [1.165, 1.54) is 0 Å². The van der Waals surface area contributed by atoms with Crippen molar-refractivity contribution < 1.29 is 4.79 Å². The lowest BCUT2D eigenvalue weighted by Gasteiger charge is -2.31. The average molecular weight is 299 g/mol. The molecule has 1 aliphatic rings. The standard InChI is InChI=1S/C16H21N5O/c1-17-14-7-9-20(10-8-14)16(22)15-12-21(19-18-15)11-13-5-3-2-4-6-13/h2-6,12,14,17H,7-11H2,1H3. The average Bonchev–Trinajstić information content (AvgIpc) is 3.04. The Bertz CT molecular complexity index is 616. The summed E-state index contributed by atoms with van der Waals surface area (Å²) in [6.07, 6.45) is 3.71. The highest BCUT2D eigenvalue weighted by atomic mass is 16.2. The third-order valence-corrected chi connectivity index (χ3v) is 4.14. The van der Waals surface area contributed by atoms with E-state index < -0.39 is 0 Å². The van der Waals surface area contributed by atoms with Gasteiger partial charge in [-0.3, -0.25) is 4.79 Å². The molecule has 1 aromatic heterocycles. The number of aromatic nitrogens is 3. The number of carbonyl (C=O) groups is 1. The Morgan fingerprint density at radius 2 is 2.00 bits per heavy atom. The topological polar surface area (TPSA) is 63.1 Å². The van der Waals surface area contributed by atoms with Crippen LogP contribution in [0.25, 0.3) is 0 Å². The molecule has 3 rings (SSSR count). The molecule has 1 amide bonds. The first kappa shape index (κ1) is 14.7. The van der Waals surface area contributed by atoms with Crippen LogP contribution in [0.5, 0.6) is 0 Å². The van der Waals surface area contributed by atoms with Crippen LogP contribution in [-0.2, 0) is 6.54 Å². The van der Waals surface area contributed by atoms with Gasteiger partial charge in [0.2, 0.25) is 0 Å². The van der Waals surface area contributed by atoms with Gasteiger partial charge in [0.05, 0.1) is 12.7 Å². The van der Waals surface area contributed by atoms with Gasteiger partial charge in [-0.1, -0.05) is 35.5 Å².